The molecular formula is C27H32FN5O3S. The van der Waals surface area contributed by atoms with Gasteiger partial charge in [0.2, 0.25) is 0 Å². The lowest BCUT2D eigenvalue weighted by Gasteiger charge is -2.40. The summed E-state index contributed by atoms with van der Waals surface area (Å²) in [6.45, 7) is 3.14. The summed E-state index contributed by atoms with van der Waals surface area (Å²) < 4.78 is 40.3. The predicted octanol–water partition coefficient (Wildman–Crippen LogP) is 3.53. The van der Waals surface area contributed by atoms with E-state index in [0.717, 1.165) is 79.7 Å². The fourth-order valence-electron chi connectivity index (χ4n) is 6.60. The third kappa shape index (κ3) is 4.23. The predicted molar refractivity (Wildman–Crippen MR) is 140 cm³/mol. The van der Waals surface area contributed by atoms with E-state index < -0.39 is 16.6 Å². The number of ether oxygens (including phenoxy) is 2. The van der Waals surface area contributed by atoms with Crippen molar-refractivity contribution in [2.75, 3.05) is 37.8 Å². The Hall–Kier alpha value is -2.56. The summed E-state index contributed by atoms with van der Waals surface area (Å²) >= 11 is 0. The zero-order valence-corrected chi connectivity index (χ0v) is 21.5. The summed E-state index contributed by atoms with van der Waals surface area (Å²) in [5.74, 6) is 1.72. The van der Waals surface area contributed by atoms with E-state index >= 15 is 0 Å². The normalized spacial score (nSPS) is 31.3. The van der Waals surface area contributed by atoms with E-state index in [1.807, 2.05) is 0 Å². The quantitative estimate of drug-likeness (QED) is 0.504. The molecule has 1 saturated carbocycles. The summed E-state index contributed by atoms with van der Waals surface area (Å²) in [5.41, 5.74) is 8.87. The van der Waals surface area contributed by atoms with Crippen LogP contribution in [-0.2, 0) is 15.5 Å². The Morgan fingerprint density at radius 3 is 2.86 bits per heavy atom. The molecule has 3 aliphatic heterocycles. The molecule has 2 bridgehead atoms. The first-order valence-electron chi connectivity index (χ1n) is 13.3. The van der Waals surface area contributed by atoms with E-state index in [0.29, 0.717) is 35.7 Å². The van der Waals surface area contributed by atoms with Crippen LogP contribution in [0.4, 0.5) is 10.2 Å². The highest BCUT2D eigenvalue weighted by Gasteiger charge is 2.45. The number of nitrogen functional groups attached to an aromatic ring is 1. The number of anilines is 1. The van der Waals surface area contributed by atoms with Crippen molar-refractivity contribution in [2.45, 2.75) is 55.5 Å². The van der Waals surface area contributed by atoms with Gasteiger partial charge in [-0.15, -0.1) is 0 Å². The largest absolute Gasteiger partial charge is 0.488 e. The number of hydrogen-bond acceptors (Lipinski definition) is 7. The third-order valence-electron chi connectivity index (χ3n) is 8.64. The van der Waals surface area contributed by atoms with Crippen LogP contribution in [0.1, 0.15) is 38.1 Å². The molecule has 4 fully saturated rings. The molecule has 2 unspecified atom stereocenters. The number of nitrogens with zero attached hydrogens (tertiary/aromatic N) is 4. The average molecular weight is 526 g/mol. The smallest absolute Gasteiger partial charge is 0.165 e. The molecule has 4 atom stereocenters. The van der Waals surface area contributed by atoms with E-state index in [1.54, 1.807) is 12.1 Å². The molecular weight excluding hydrogens is 493 g/mol. The Morgan fingerprint density at radius 1 is 1.22 bits per heavy atom. The van der Waals surface area contributed by atoms with Gasteiger partial charge in [0, 0.05) is 65.3 Å². The fraction of sp³-hybridized carbons (Fsp3) is 0.556. The van der Waals surface area contributed by atoms with Gasteiger partial charge >= 0.3 is 0 Å². The summed E-state index contributed by atoms with van der Waals surface area (Å²) in [6, 6.07) is 5.79. The molecule has 1 aliphatic carbocycles. The molecule has 5 heterocycles. The van der Waals surface area contributed by atoms with E-state index in [-0.39, 0.29) is 11.9 Å². The first kappa shape index (κ1) is 23.5. The van der Waals surface area contributed by atoms with Gasteiger partial charge in [0.05, 0.1) is 11.5 Å². The van der Waals surface area contributed by atoms with Crippen molar-refractivity contribution < 1.29 is 18.1 Å². The van der Waals surface area contributed by atoms with Crippen LogP contribution in [0.2, 0.25) is 0 Å². The third-order valence-corrected chi connectivity index (χ3v) is 10.4. The lowest BCUT2D eigenvalue weighted by atomic mass is 9.79. The van der Waals surface area contributed by atoms with Gasteiger partial charge in [-0.25, -0.2) is 14.4 Å². The maximum absolute atomic E-state index is 14.6. The van der Waals surface area contributed by atoms with Crippen molar-refractivity contribution in [1.82, 2.24) is 19.4 Å². The first-order chi connectivity index (χ1) is 18.0. The number of likely N-dealkylation sites (tertiary alicyclic amines) is 1. The molecule has 2 aromatic heterocycles. The Bertz CT molecular complexity index is 1350. The highest BCUT2D eigenvalue weighted by molar-refractivity contribution is 7.86. The van der Waals surface area contributed by atoms with Crippen LogP contribution < -0.4 is 10.5 Å². The molecule has 3 aromatic rings. The van der Waals surface area contributed by atoms with Crippen molar-refractivity contribution in [3.8, 4) is 16.9 Å². The van der Waals surface area contributed by atoms with Crippen LogP contribution in [-0.4, -0.2) is 73.1 Å². The van der Waals surface area contributed by atoms with Crippen LogP contribution in [0.25, 0.3) is 22.2 Å². The second-order valence-electron chi connectivity index (χ2n) is 11.0. The molecule has 10 heteroatoms. The molecule has 8 nitrogen and oxygen atoms in total. The van der Waals surface area contributed by atoms with Crippen molar-refractivity contribution in [3.63, 3.8) is 0 Å². The van der Waals surface area contributed by atoms with Gasteiger partial charge in [0.15, 0.2) is 11.6 Å². The van der Waals surface area contributed by atoms with E-state index in [2.05, 4.69) is 25.6 Å². The molecule has 2 N–H and O–H groups in total. The maximum Gasteiger partial charge on any atom is 0.165 e. The minimum atomic E-state index is -0.617. The maximum atomic E-state index is 14.6. The molecule has 4 aliphatic rings. The first-order valence-corrected chi connectivity index (χ1v) is 14.7. The number of fused-ring (bicyclic) bond motifs is 3. The van der Waals surface area contributed by atoms with Gasteiger partial charge in [-0.05, 0) is 55.7 Å². The van der Waals surface area contributed by atoms with Gasteiger partial charge in [-0.3, -0.25) is 9.11 Å². The zero-order chi connectivity index (χ0) is 25.1. The van der Waals surface area contributed by atoms with Crippen molar-refractivity contribution in [2.24, 2.45) is 5.92 Å². The standard InChI is InChI=1S/C27H32FN5O3S/c28-23-4-3-17(8-24(23)36-13-20-2-1-5-35-20)22-12-33(27-25(22)26(29)30-15-31-27)18-6-16(7-18)10-32-11-21-9-19(32)14-37(21)34/h3-4,8,12,15-16,18-21H,1-2,5-7,9-11,13-14H2,(H2,29,30,31)/t16?,18?,19?,20?,21-,37-/m0/s1. The van der Waals surface area contributed by atoms with Gasteiger partial charge in [0.1, 0.15) is 24.4 Å². The van der Waals surface area contributed by atoms with Gasteiger partial charge < -0.3 is 19.8 Å². The molecule has 0 amide bonds. The summed E-state index contributed by atoms with van der Waals surface area (Å²) in [5, 5.41) is 1.17. The molecule has 3 saturated heterocycles. The van der Waals surface area contributed by atoms with Crippen LogP contribution in [0.5, 0.6) is 5.75 Å². The Labute approximate surface area is 217 Å². The number of halogens is 1. The number of nitrogens with two attached hydrogens (primary N) is 1. The Kier molecular flexibility index (Phi) is 5.93. The van der Waals surface area contributed by atoms with Crippen molar-refractivity contribution in [3.05, 3.63) is 36.5 Å². The summed E-state index contributed by atoms with van der Waals surface area (Å²) in [7, 11) is -0.617. The summed E-state index contributed by atoms with van der Waals surface area (Å²) in [6.07, 6.45) is 8.80. The molecule has 37 heavy (non-hydrogen) atoms. The molecule has 0 spiro atoms. The minimum Gasteiger partial charge on any atom is -0.488 e. The van der Waals surface area contributed by atoms with E-state index in [9.17, 15) is 8.60 Å². The van der Waals surface area contributed by atoms with Crippen LogP contribution in [0, 0.1) is 11.7 Å². The number of hydrogen-bond donors (Lipinski definition) is 1. The van der Waals surface area contributed by atoms with Gasteiger partial charge in [-0.2, -0.15) is 0 Å². The topological polar surface area (TPSA) is 95.5 Å². The lowest BCUT2D eigenvalue weighted by Crippen LogP contribution is -2.44. The van der Waals surface area contributed by atoms with Gasteiger partial charge in [0.25, 0.3) is 0 Å². The number of rotatable bonds is 7. The SMILES string of the molecule is Nc1ncnc2c1c(-c1ccc(F)c(OCC3CCCO3)c1)cn2C1CC(CN2C[C@@H]3CC2C[S@@]3=O)C1. The highest BCUT2D eigenvalue weighted by Crippen LogP contribution is 2.44. The molecule has 1 aromatic carbocycles. The average Bonchev–Trinajstić information content (AvgIpc) is 3.65. The lowest BCUT2D eigenvalue weighted by molar-refractivity contribution is 0.0666. The number of benzene rings is 1. The van der Waals surface area contributed by atoms with Crippen molar-refractivity contribution >= 4 is 27.7 Å². The van der Waals surface area contributed by atoms with E-state index in [1.165, 1.54) is 12.4 Å². The van der Waals surface area contributed by atoms with Crippen LogP contribution in [0.15, 0.2) is 30.7 Å². The minimum absolute atomic E-state index is 0.0125. The Balaban J connectivity index is 1.12. The second-order valence-corrected chi connectivity index (χ2v) is 12.8. The van der Waals surface area contributed by atoms with Crippen molar-refractivity contribution in [1.29, 1.82) is 0 Å². The fourth-order valence-corrected chi connectivity index (χ4v) is 8.40. The zero-order valence-electron chi connectivity index (χ0n) is 20.7. The van der Waals surface area contributed by atoms with Gasteiger partial charge in [-0.1, -0.05) is 6.07 Å². The Morgan fingerprint density at radius 2 is 2.11 bits per heavy atom. The number of aromatic nitrogens is 3. The monoisotopic (exact) mass is 525 g/mol. The molecule has 7 rings (SSSR count). The van der Waals surface area contributed by atoms with Crippen LogP contribution >= 0.6 is 0 Å². The summed E-state index contributed by atoms with van der Waals surface area (Å²) in [4.78, 5) is 11.4. The highest BCUT2D eigenvalue weighted by atomic mass is 32.2. The van der Waals surface area contributed by atoms with E-state index in [4.69, 9.17) is 15.2 Å². The molecule has 196 valence electrons. The molecule has 0 radical (unpaired) electrons. The van der Waals surface area contributed by atoms with Crippen LogP contribution in [0.3, 0.4) is 0 Å². The second kappa shape index (κ2) is 9.32.